The van der Waals surface area contributed by atoms with Crippen LogP contribution >= 0.6 is 46.6 Å². The first-order chi connectivity index (χ1) is 18.8. The molecule has 0 bridgehead atoms. The van der Waals surface area contributed by atoms with E-state index in [0.717, 1.165) is 4.90 Å². The molecule has 0 saturated carbocycles. The van der Waals surface area contributed by atoms with E-state index in [4.69, 9.17) is 34.8 Å². The topological polar surface area (TPSA) is 75.3 Å². The molecule has 39 heavy (non-hydrogen) atoms. The Kier molecular flexibility index (Phi) is 9.85. The fraction of sp³-hybridized carbons (Fsp3) is 0.0333. The molecule has 4 rings (SSSR count). The van der Waals surface area contributed by atoms with Crippen LogP contribution < -0.4 is 10.6 Å². The molecular formula is C30H21Cl3N2O3S. The van der Waals surface area contributed by atoms with Crippen LogP contribution in [-0.4, -0.2) is 23.4 Å². The SMILES string of the molecule is O=C(Nc1cccc(SCC(=O)c2ccc(Cl)c(Cl)c2)c1)/C(=C/c1ccc(Cl)cc1)NC(=O)c1ccccc1. The van der Waals surface area contributed by atoms with E-state index in [1.807, 2.05) is 6.07 Å². The number of hydrogen-bond donors (Lipinski definition) is 2. The van der Waals surface area contributed by atoms with Crippen LogP contribution in [0.3, 0.4) is 0 Å². The molecule has 2 amide bonds. The molecule has 0 spiro atoms. The van der Waals surface area contributed by atoms with Crippen molar-refractivity contribution in [1.82, 2.24) is 5.32 Å². The molecule has 0 radical (unpaired) electrons. The second-order valence-corrected chi connectivity index (χ2v) is 10.6. The Morgan fingerprint density at radius 2 is 1.49 bits per heavy atom. The average molecular weight is 596 g/mol. The number of rotatable bonds is 9. The maximum Gasteiger partial charge on any atom is 0.272 e. The molecule has 9 heteroatoms. The predicted octanol–water partition coefficient (Wildman–Crippen LogP) is 8.03. The van der Waals surface area contributed by atoms with Crippen molar-refractivity contribution < 1.29 is 14.4 Å². The summed E-state index contributed by atoms with van der Waals surface area (Å²) in [6.07, 6.45) is 1.57. The van der Waals surface area contributed by atoms with Gasteiger partial charge in [0.05, 0.1) is 15.8 Å². The summed E-state index contributed by atoms with van der Waals surface area (Å²) >= 11 is 19.3. The third kappa shape index (κ3) is 8.22. The van der Waals surface area contributed by atoms with Crippen molar-refractivity contribution in [2.45, 2.75) is 4.90 Å². The van der Waals surface area contributed by atoms with Gasteiger partial charge in [-0.2, -0.15) is 0 Å². The highest BCUT2D eigenvalue weighted by molar-refractivity contribution is 8.00. The van der Waals surface area contributed by atoms with Crippen LogP contribution in [0.4, 0.5) is 5.69 Å². The first-order valence-corrected chi connectivity index (χ1v) is 13.8. The average Bonchev–Trinajstić information content (AvgIpc) is 2.94. The van der Waals surface area contributed by atoms with Gasteiger partial charge in [0, 0.05) is 26.7 Å². The van der Waals surface area contributed by atoms with Crippen LogP contribution in [0.25, 0.3) is 6.08 Å². The number of thioether (sulfide) groups is 1. The molecule has 0 aliphatic carbocycles. The van der Waals surface area contributed by atoms with Crippen molar-refractivity contribution in [2.75, 3.05) is 11.1 Å². The van der Waals surface area contributed by atoms with Crippen LogP contribution in [0.1, 0.15) is 26.3 Å². The number of Topliss-reactive ketones (excluding diaryl/α,β-unsaturated/α-hetero) is 1. The number of carbonyl (C=O) groups is 3. The molecular weight excluding hydrogens is 575 g/mol. The monoisotopic (exact) mass is 594 g/mol. The van der Waals surface area contributed by atoms with E-state index in [2.05, 4.69) is 10.6 Å². The van der Waals surface area contributed by atoms with Gasteiger partial charge in [-0.25, -0.2) is 0 Å². The van der Waals surface area contributed by atoms with Crippen molar-refractivity contribution in [2.24, 2.45) is 0 Å². The Labute approximate surface area is 245 Å². The Hall–Kier alpha value is -3.55. The lowest BCUT2D eigenvalue weighted by Crippen LogP contribution is -2.30. The third-order valence-corrected chi connectivity index (χ3v) is 7.40. The van der Waals surface area contributed by atoms with E-state index in [0.29, 0.717) is 37.4 Å². The van der Waals surface area contributed by atoms with E-state index in [1.165, 1.54) is 11.8 Å². The molecule has 0 fully saturated rings. The van der Waals surface area contributed by atoms with Crippen LogP contribution in [0.5, 0.6) is 0 Å². The van der Waals surface area contributed by atoms with Crippen molar-refractivity contribution >= 4 is 75.9 Å². The van der Waals surface area contributed by atoms with E-state index in [1.54, 1.807) is 97.1 Å². The summed E-state index contributed by atoms with van der Waals surface area (Å²) in [6, 6.07) is 27.3. The largest absolute Gasteiger partial charge is 0.321 e. The lowest BCUT2D eigenvalue weighted by atomic mass is 10.1. The minimum atomic E-state index is -0.511. The second-order valence-electron chi connectivity index (χ2n) is 8.25. The number of nitrogens with one attached hydrogen (secondary N) is 2. The minimum Gasteiger partial charge on any atom is -0.321 e. The minimum absolute atomic E-state index is 0.0547. The maximum atomic E-state index is 13.3. The summed E-state index contributed by atoms with van der Waals surface area (Å²) in [5.74, 6) is -0.867. The highest BCUT2D eigenvalue weighted by atomic mass is 35.5. The molecule has 196 valence electrons. The molecule has 0 saturated heterocycles. The van der Waals surface area contributed by atoms with Crippen molar-refractivity contribution in [3.8, 4) is 0 Å². The molecule has 4 aromatic carbocycles. The first kappa shape index (κ1) is 28.5. The quantitative estimate of drug-likeness (QED) is 0.117. The molecule has 0 aliphatic rings. The van der Waals surface area contributed by atoms with Gasteiger partial charge in [0.25, 0.3) is 11.8 Å². The van der Waals surface area contributed by atoms with E-state index in [-0.39, 0.29) is 17.2 Å². The molecule has 0 heterocycles. The number of halogens is 3. The number of ketones is 1. The van der Waals surface area contributed by atoms with Gasteiger partial charge in [-0.1, -0.05) is 71.2 Å². The zero-order chi connectivity index (χ0) is 27.8. The number of carbonyl (C=O) groups excluding carboxylic acids is 3. The van der Waals surface area contributed by atoms with Crippen LogP contribution in [-0.2, 0) is 4.79 Å². The molecule has 0 aromatic heterocycles. The maximum absolute atomic E-state index is 13.3. The lowest BCUT2D eigenvalue weighted by molar-refractivity contribution is -0.113. The van der Waals surface area contributed by atoms with E-state index >= 15 is 0 Å². The summed E-state index contributed by atoms with van der Waals surface area (Å²) in [4.78, 5) is 39.5. The Balaban J connectivity index is 1.48. The van der Waals surface area contributed by atoms with Crippen molar-refractivity contribution in [3.63, 3.8) is 0 Å². The van der Waals surface area contributed by atoms with Gasteiger partial charge < -0.3 is 10.6 Å². The third-order valence-electron chi connectivity index (χ3n) is 5.41. The van der Waals surface area contributed by atoms with E-state index < -0.39 is 11.8 Å². The van der Waals surface area contributed by atoms with Crippen molar-refractivity contribution in [1.29, 1.82) is 0 Å². The van der Waals surface area contributed by atoms with Crippen LogP contribution in [0, 0.1) is 0 Å². The van der Waals surface area contributed by atoms with Crippen LogP contribution in [0.15, 0.2) is 108 Å². The first-order valence-electron chi connectivity index (χ1n) is 11.6. The highest BCUT2D eigenvalue weighted by Gasteiger charge is 2.16. The summed E-state index contributed by atoms with van der Waals surface area (Å²) < 4.78 is 0. The summed E-state index contributed by atoms with van der Waals surface area (Å²) in [5, 5.41) is 6.79. The van der Waals surface area contributed by atoms with Gasteiger partial charge in [0.2, 0.25) is 0 Å². The predicted molar refractivity (Wildman–Crippen MR) is 160 cm³/mol. The number of anilines is 1. The van der Waals surface area contributed by atoms with Gasteiger partial charge in [-0.15, -0.1) is 11.8 Å². The molecule has 2 N–H and O–H groups in total. The van der Waals surface area contributed by atoms with E-state index in [9.17, 15) is 14.4 Å². The number of hydrogen-bond acceptors (Lipinski definition) is 4. The fourth-order valence-electron chi connectivity index (χ4n) is 3.43. The molecule has 4 aromatic rings. The second kappa shape index (κ2) is 13.5. The summed E-state index contributed by atoms with van der Waals surface area (Å²) in [7, 11) is 0. The highest BCUT2D eigenvalue weighted by Crippen LogP contribution is 2.26. The van der Waals surface area contributed by atoms with Gasteiger partial charge in [-0.05, 0) is 72.3 Å². The molecule has 0 unspecified atom stereocenters. The number of benzene rings is 4. The van der Waals surface area contributed by atoms with Gasteiger partial charge in [0.1, 0.15) is 5.70 Å². The molecule has 0 atom stereocenters. The fourth-order valence-corrected chi connectivity index (χ4v) is 4.71. The Morgan fingerprint density at radius 3 is 2.21 bits per heavy atom. The van der Waals surface area contributed by atoms with Crippen molar-refractivity contribution in [3.05, 3.63) is 135 Å². The van der Waals surface area contributed by atoms with Gasteiger partial charge in [0.15, 0.2) is 5.78 Å². The van der Waals surface area contributed by atoms with Crippen LogP contribution in [0.2, 0.25) is 15.1 Å². The Bertz CT molecular complexity index is 1540. The van der Waals surface area contributed by atoms with Gasteiger partial charge in [-0.3, -0.25) is 14.4 Å². The summed E-state index contributed by atoms with van der Waals surface area (Å²) in [6.45, 7) is 0. The zero-order valence-corrected chi connectivity index (χ0v) is 23.4. The standard InChI is InChI=1S/C30H21Cl3N2O3S/c31-22-12-9-19(10-13-22)15-27(35-29(37)20-5-2-1-3-6-20)30(38)34-23-7-4-8-24(17-23)39-18-28(36)21-11-14-25(32)26(33)16-21/h1-17H,18H2,(H,34,38)(H,35,37)/b27-15-. The summed E-state index contributed by atoms with van der Waals surface area (Å²) in [5.41, 5.74) is 2.12. The Morgan fingerprint density at radius 1 is 0.744 bits per heavy atom. The zero-order valence-electron chi connectivity index (χ0n) is 20.3. The lowest BCUT2D eigenvalue weighted by Gasteiger charge is -2.12. The van der Waals surface area contributed by atoms with Gasteiger partial charge >= 0.3 is 0 Å². The number of amides is 2. The molecule has 0 aliphatic heterocycles. The molecule has 5 nitrogen and oxygen atoms in total. The normalized spacial score (nSPS) is 11.1. The smallest absolute Gasteiger partial charge is 0.272 e.